The van der Waals surface area contributed by atoms with Gasteiger partial charge >= 0.3 is 68.8 Å². The van der Waals surface area contributed by atoms with E-state index in [-0.39, 0.29) is 4.90 Å². The van der Waals surface area contributed by atoms with Crippen LogP contribution < -0.4 is 0 Å². The molecule has 0 bridgehead atoms. The minimum Gasteiger partial charge on any atom is -0.133 e. The van der Waals surface area contributed by atoms with Gasteiger partial charge in [-0.2, -0.15) is 0 Å². The Morgan fingerprint density at radius 2 is 0.571 bits per heavy atom. The van der Waals surface area contributed by atoms with Gasteiger partial charge in [-0.3, -0.25) is 0 Å². The maximum absolute atomic E-state index is 10.9. The highest BCUT2D eigenvalue weighted by Crippen LogP contribution is 2.39. The smallest absolute Gasteiger partial charge is 0.133 e. The van der Waals surface area contributed by atoms with Crippen molar-refractivity contribution >= 4 is 49.5 Å². The van der Waals surface area contributed by atoms with E-state index in [4.69, 9.17) is 29.4 Å². The SMILES string of the molecule is O=[P+](O)OC(O[P+](=O)O)N(C(O[P+](=O)O)O[P+](=O)O)C(O[P+](=O)O)O[P+](=O)O. The van der Waals surface area contributed by atoms with Crippen LogP contribution >= 0.6 is 49.5 Å². The van der Waals surface area contributed by atoms with Crippen molar-refractivity contribution < 1.29 is 83.9 Å². The highest BCUT2D eigenvalue weighted by atomic mass is 31.1. The fraction of sp³-hybridized carbons (Fsp3) is 1.00. The Bertz CT molecular complexity index is 503. The summed E-state index contributed by atoms with van der Waals surface area (Å²) in [5.74, 6) is 0. The molecule has 0 aromatic heterocycles. The molecule has 0 aliphatic heterocycles. The van der Waals surface area contributed by atoms with E-state index >= 15 is 0 Å². The standard InChI is InChI=1S/C3H3NO18P6/c5-23(6)17-1(18-24(7)8)4(2(19-25(9)10)20-26(11)12)3(21-27(13)14)22-28(15)16/h1-3H/p+6. The molecule has 28 heavy (non-hydrogen) atoms. The molecule has 19 nitrogen and oxygen atoms in total. The summed E-state index contributed by atoms with van der Waals surface area (Å²) in [7, 11) is -22.5. The van der Waals surface area contributed by atoms with Crippen molar-refractivity contribution in [2.24, 2.45) is 0 Å². The maximum Gasteiger partial charge on any atom is 0.699 e. The van der Waals surface area contributed by atoms with Crippen LogP contribution in [0.4, 0.5) is 0 Å². The number of nitrogens with zero attached hydrogens (tertiary/aromatic N) is 1. The second kappa shape index (κ2) is 14.1. The molecule has 0 fully saturated rings. The van der Waals surface area contributed by atoms with Gasteiger partial charge in [0.25, 0.3) is 0 Å². The van der Waals surface area contributed by atoms with Crippen LogP contribution in [-0.4, -0.2) is 53.5 Å². The van der Waals surface area contributed by atoms with Crippen LogP contribution in [0.2, 0.25) is 0 Å². The van der Waals surface area contributed by atoms with E-state index in [0.717, 1.165) is 0 Å². The Morgan fingerprint density at radius 1 is 0.429 bits per heavy atom. The maximum atomic E-state index is 10.9. The third-order valence-corrected chi connectivity index (χ3v) is 3.98. The Balaban J connectivity index is 6.33. The van der Waals surface area contributed by atoms with Crippen molar-refractivity contribution in [3.63, 3.8) is 0 Å². The lowest BCUT2D eigenvalue weighted by Gasteiger charge is -2.24. The molecule has 158 valence electrons. The average Bonchev–Trinajstić information content (AvgIpc) is 2.42. The first-order valence-corrected chi connectivity index (χ1v) is 12.4. The highest BCUT2D eigenvalue weighted by Gasteiger charge is 2.56. The molecule has 0 aromatic rings. The molecule has 6 N–H and O–H groups in total. The van der Waals surface area contributed by atoms with Gasteiger partial charge in [0.1, 0.15) is 0 Å². The largest absolute Gasteiger partial charge is 0.699 e. The summed E-state index contributed by atoms with van der Waals surface area (Å²) in [5, 5.41) is 0. The van der Waals surface area contributed by atoms with Gasteiger partial charge in [0, 0.05) is 27.4 Å². The number of hydrogen-bond acceptors (Lipinski definition) is 13. The topological polar surface area (TPSA) is 282 Å². The van der Waals surface area contributed by atoms with Crippen molar-refractivity contribution in [1.82, 2.24) is 4.90 Å². The number of rotatable bonds is 15. The summed E-state index contributed by atoms with van der Waals surface area (Å²) in [6, 6.07) is 0. The minimum atomic E-state index is -3.75. The van der Waals surface area contributed by atoms with Gasteiger partial charge in [-0.1, -0.05) is 27.1 Å². The van der Waals surface area contributed by atoms with E-state index in [1.165, 1.54) is 0 Å². The molecule has 6 atom stereocenters. The van der Waals surface area contributed by atoms with Gasteiger partial charge in [-0.15, -0.1) is 34.3 Å². The summed E-state index contributed by atoms with van der Waals surface area (Å²) in [6.45, 7) is 0. The van der Waals surface area contributed by atoms with E-state index in [2.05, 4.69) is 27.1 Å². The lowest BCUT2D eigenvalue weighted by Crippen LogP contribution is -2.52. The molecule has 0 rings (SSSR count). The van der Waals surface area contributed by atoms with Crippen molar-refractivity contribution in [3.8, 4) is 0 Å². The van der Waals surface area contributed by atoms with E-state index in [1.54, 1.807) is 0 Å². The quantitative estimate of drug-likeness (QED) is 0.120. The fourth-order valence-corrected chi connectivity index (χ4v) is 3.19. The van der Waals surface area contributed by atoms with Crippen LogP contribution in [0.3, 0.4) is 0 Å². The Hall–Kier alpha value is 0.0800. The lowest BCUT2D eigenvalue weighted by atomic mass is 10.7. The summed E-state index contributed by atoms with van der Waals surface area (Å²) >= 11 is 0. The normalized spacial score (nSPS) is 18.1. The average molecular weight is 533 g/mol. The van der Waals surface area contributed by atoms with E-state index in [1.807, 2.05) is 0 Å². The molecule has 0 spiro atoms. The van der Waals surface area contributed by atoms with Crippen LogP contribution in [0.1, 0.15) is 0 Å². The zero-order chi connectivity index (χ0) is 22.0. The van der Waals surface area contributed by atoms with Crippen LogP contribution in [0.15, 0.2) is 0 Å². The second-order valence-electron chi connectivity index (χ2n) is 3.43. The molecule has 0 aromatic carbocycles. The van der Waals surface area contributed by atoms with Gasteiger partial charge < -0.3 is 0 Å². The summed E-state index contributed by atoms with van der Waals surface area (Å²) < 4.78 is 89.9. The fourth-order valence-electron chi connectivity index (χ4n) is 1.15. The molecular weight excluding hydrogens is 524 g/mol. The lowest BCUT2D eigenvalue weighted by molar-refractivity contribution is -0.304. The summed E-state index contributed by atoms with van der Waals surface area (Å²) in [6.07, 6.45) is -8.40. The molecule has 0 saturated carbocycles. The third-order valence-electron chi connectivity index (χ3n) is 1.81. The molecule has 0 radical (unpaired) electrons. The first-order valence-electron chi connectivity index (χ1n) is 5.58. The molecule has 6 unspecified atom stereocenters. The predicted octanol–water partition coefficient (Wildman–Crippen LogP) is 0.137. The first kappa shape index (κ1) is 28.1. The molecule has 0 saturated heterocycles. The molecule has 0 aliphatic rings. The van der Waals surface area contributed by atoms with Gasteiger partial charge in [0.15, 0.2) is 0 Å². The predicted molar refractivity (Wildman–Crippen MR) is 78.7 cm³/mol. The van der Waals surface area contributed by atoms with Crippen molar-refractivity contribution in [2.45, 2.75) is 19.2 Å². The highest BCUT2D eigenvalue weighted by molar-refractivity contribution is 7.33. The Labute approximate surface area is 158 Å². The van der Waals surface area contributed by atoms with Crippen molar-refractivity contribution in [1.29, 1.82) is 0 Å². The molecule has 0 heterocycles. The van der Waals surface area contributed by atoms with Crippen molar-refractivity contribution in [2.75, 3.05) is 0 Å². The van der Waals surface area contributed by atoms with E-state index in [0.29, 0.717) is 0 Å². The third kappa shape index (κ3) is 12.6. The van der Waals surface area contributed by atoms with Gasteiger partial charge in [-0.25, -0.2) is 0 Å². The van der Waals surface area contributed by atoms with E-state index < -0.39 is 68.8 Å². The van der Waals surface area contributed by atoms with Gasteiger partial charge in [0.05, 0.1) is 0 Å². The molecule has 0 aliphatic carbocycles. The van der Waals surface area contributed by atoms with Crippen LogP contribution in [0.25, 0.3) is 0 Å². The van der Waals surface area contributed by atoms with Crippen LogP contribution in [0.5, 0.6) is 0 Å². The second-order valence-corrected chi connectivity index (χ2v) is 7.55. The van der Waals surface area contributed by atoms with Gasteiger partial charge in [0.2, 0.25) is 0 Å². The Morgan fingerprint density at radius 3 is 0.679 bits per heavy atom. The van der Waals surface area contributed by atoms with Crippen molar-refractivity contribution in [3.05, 3.63) is 0 Å². The number of hydrogen-bond donors (Lipinski definition) is 6. The van der Waals surface area contributed by atoms with E-state index in [9.17, 15) is 27.4 Å². The summed E-state index contributed by atoms with van der Waals surface area (Å²) in [4.78, 5) is 52.4. The molecule has 0 amide bonds. The monoisotopic (exact) mass is 533 g/mol. The first-order chi connectivity index (χ1) is 12.8. The molecular formula is C3H9NO18P6+6. The Kier molecular flexibility index (Phi) is 14.2. The molecule has 25 heteroatoms. The van der Waals surface area contributed by atoms with Gasteiger partial charge in [-0.05, 0) is 0 Å². The summed E-state index contributed by atoms with van der Waals surface area (Å²) in [5.41, 5.74) is 0. The van der Waals surface area contributed by atoms with Crippen LogP contribution in [-0.2, 0) is 54.5 Å². The minimum absolute atomic E-state index is 0.313. The zero-order valence-corrected chi connectivity index (χ0v) is 17.8. The van der Waals surface area contributed by atoms with Crippen LogP contribution in [0, 0.1) is 0 Å². The zero-order valence-electron chi connectivity index (χ0n) is 12.4.